The molecule has 0 aliphatic rings. The Bertz CT molecular complexity index is 315. The minimum absolute atomic E-state index is 0.141. The summed E-state index contributed by atoms with van der Waals surface area (Å²) in [6.45, 7) is 0.636. The highest BCUT2D eigenvalue weighted by molar-refractivity contribution is 5.46. The molecule has 0 aliphatic heterocycles. The second-order valence-corrected chi connectivity index (χ2v) is 3.18. The van der Waals surface area contributed by atoms with E-state index in [-0.39, 0.29) is 11.9 Å². The van der Waals surface area contributed by atoms with Crippen LogP contribution >= 0.6 is 0 Å². The van der Waals surface area contributed by atoms with Crippen molar-refractivity contribution >= 4 is 0 Å². The van der Waals surface area contributed by atoms with Crippen molar-refractivity contribution in [1.29, 1.82) is 0 Å². The lowest BCUT2D eigenvalue weighted by Crippen LogP contribution is -2.18. The highest BCUT2D eigenvalue weighted by atomic mass is 16.5. The quantitative estimate of drug-likeness (QED) is 0.771. The predicted molar refractivity (Wildman–Crippen MR) is 58.3 cm³/mol. The predicted octanol–water partition coefficient (Wildman–Crippen LogP) is 1.31. The number of methoxy groups -OCH3 is 2. The van der Waals surface area contributed by atoms with E-state index in [4.69, 9.17) is 9.47 Å². The summed E-state index contributed by atoms with van der Waals surface area (Å²) in [6.07, 6.45) is -0.176. The fourth-order valence-corrected chi connectivity index (χ4v) is 1.47. The lowest BCUT2D eigenvalue weighted by atomic mass is 10.1. The van der Waals surface area contributed by atoms with Gasteiger partial charge < -0.3 is 19.9 Å². The molecule has 1 aromatic carbocycles. The van der Waals surface area contributed by atoms with Gasteiger partial charge >= 0.3 is 0 Å². The van der Waals surface area contributed by atoms with Crippen molar-refractivity contribution in [3.63, 3.8) is 0 Å². The molecular formula is C11H17NO3. The molecule has 0 heterocycles. The van der Waals surface area contributed by atoms with Crippen LogP contribution in [0.2, 0.25) is 0 Å². The van der Waals surface area contributed by atoms with Gasteiger partial charge in [0.25, 0.3) is 0 Å². The molecule has 0 bridgehead atoms. The van der Waals surface area contributed by atoms with Crippen molar-refractivity contribution in [3.8, 4) is 11.5 Å². The van der Waals surface area contributed by atoms with E-state index in [1.165, 1.54) is 7.11 Å². The van der Waals surface area contributed by atoms with Crippen LogP contribution in [0.5, 0.6) is 11.5 Å². The number of nitrogens with one attached hydrogen (secondary N) is 1. The number of phenolic OH excluding ortho intramolecular Hbond substituents is 1. The van der Waals surface area contributed by atoms with E-state index in [1.807, 2.05) is 19.2 Å². The first-order chi connectivity index (χ1) is 7.24. The van der Waals surface area contributed by atoms with Crippen LogP contribution in [0.4, 0.5) is 0 Å². The molecule has 1 rings (SSSR count). The molecule has 4 heteroatoms. The fraction of sp³-hybridized carbons (Fsp3) is 0.455. The van der Waals surface area contributed by atoms with E-state index in [9.17, 15) is 5.11 Å². The third-order valence-corrected chi connectivity index (χ3v) is 2.27. The van der Waals surface area contributed by atoms with Crippen LogP contribution in [0.3, 0.4) is 0 Å². The van der Waals surface area contributed by atoms with Gasteiger partial charge in [-0.05, 0) is 13.1 Å². The molecule has 0 saturated heterocycles. The molecule has 15 heavy (non-hydrogen) atoms. The standard InChI is InChI=1S/C11H17NO3/c1-12-7-10(15-3)8-5-4-6-9(14-2)11(8)13/h4-6,10,12-13H,7H2,1-3H3. The topological polar surface area (TPSA) is 50.7 Å². The van der Waals surface area contributed by atoms with E-state index in [0.29, 0.717) is 12.3 Å². The van der Waals surface area contributed by atoms with Crippen LogP contribution in [0.15, 0.2) is 18.2 Å². The number of hydrogen-bond donors (Lipinski definition) is 2. The van der Waals surface area contributed by atoms with E-state index in [1.54, 1.807) is 13.2 Å². The SMILES string of the molecule is CNCC(OC)c1cccc(OC)c1O. The van der Waals surface area contributed by atoms with Gasteiger partial charge in [0.15, 0.2) is 11.5 Å². The van der Waals surface area contributed by atoms with Gasteiger partial charge in [0.1, 0.15) is 0 Å². The van der Waals surface area contributed by atoms with Crippen molar-refractivity contribution in [1.82, 2.24) is 5.32 Å². The van der Waals surface area contributed by atoms with Crippen molar-refractivity contribution in [3.05, 3.63) is 23.8 Å². The maximum Gasteiger partial charge on any atom is 0.163 e. The molecule has 84 valence electrons. The number of rotatable bonds is 5. The first kappa shape index (κ1) is 11.8. The van der Waals surface area contributed by atoms with Crippen LogP contribution in [0.1, 0.15) is 11.7 Å². The Kier molecular flexibility index (Phi) is 4.39. The smallest absolute Gasteiger partial charge is 0.163 e. The van der Waals surface area contributed by atoms with Gasteiger partial charge in [0.05, 0.1) is 13.2 Å². The van der Waals surface area contributed by atoms with Gasteiger partial charge in [0.2, 0.25) is 0 Å². The lowest BCUT2D eigenvalue weighted by Gasteiger charge is -2.17. The second kappa shape index (κ2) is 5.58. The average Bonchev–Trinajstić information content (AvgIpc) is 2.27. The monoisotopic (exact) mass is 211 g/mol. The molecule has 0 aromatic heterocycles. The molecule has 0 aliphatic carbocycles. The van der Waals surface area contributed by atoms with E-state index >= 15 is 0 Å². The zero-order chi connectivity index (χ0) is 11.3. The first-order valence-electron chi connectivity index (χ1n) is 4.77. The fourth-order valence-electron chi connectivity index (χ4n) is 1.47. The highest BCUT2D eigenvalue weighted by Gasteiger charge is 2.16. The number of para-hydroxylation sites is 1. The van der Waals surface area contributed by atoms with Gasteiger partial charge in [-0.2, -0.15) is 0 Å². The summed E-state index contributed by atoms with van der Waals surface area (Å²) >= 11 is 0. The van der Waals surface area contributed by atoms with Gasteiger partial charge in [-0.15, -0.1) is 0 Å². The van der Waals surface area contributed by atoms with E-state index < -0.39 is 0 Å². The second-order valence-electron chi connectivity index (χ2n) is 3.18. The molecule has 0 fully saturated rings. The molecule has 0 spiro atoms. The van der Waals surface area contributed by atoms with Gasteiger partial charge in [0, 0.05) is 19.2 Å². The van der Waals surface area contributed by atoms with Crippen molar-refractivity contribution in [2.75, 3.05) is 27.8 Å². The Morgan fingerprint density at radius 1 is 1.40 bits per heavy atom. The largest absolute Gasteiger partial charge is 0.504 e. The van der Waals surface area contributed by atoms with E-state index in [2.05, 4.69) is 5.32 Å². The van der Waals surface area contributed by atoms with Crippen molar-refractivity contribution in [2.45, 2.75) is 6.10 Å². The number of aromatic hydroxyl groups is 1. The molecule has 1 unspecified atom stereocenters. The summed E-state index contributed by atoms with van der Waals surface area (Å²) in [4.78, 5) is 0. The molecule has 2 N–H and O–H groups in total. The van der Waals surface area contributed by atoms with Gasteiger partial charge in [-0.25, -0.2) is 0 Å². The Morgan fingerprint density at radius 2 is 2.13 bits per heavy atom. The Balaban J connectivity index is 3.01. The lowest BCUT2D eigenvalue weighted by molar-refractivity contribution is 0.101. The molecular weight excluding hydrogens is 194 g/mol. The van der Waals surface area contributed by atoms with Crippen LogP contribution in [-0.4, -0.2) is 32.9 Å². The summed E-state index contributed by atoms with van der Waals surface area (Å²) in [5, 5.41) is 12.9. The number of ether oxygens (including phenoxy) is 2. The normalized spacial score (nSPS) is 12.5. The number of benzene rings is 1. The maximum atomic E-state index is 9.88. The Morgan fingerprint density at radius 3 is 2.67 bits per heavy atom. The zero-order valence-corrected chi connectivity index (χ0v) is 9.28. The van der Waals surface area contributed by atoms with Crippen molar-refractivity contribution in [2.24, 2.45) is 0 Å². The summed E-state index contributed by atoms with van der Waals surface area (Å²) in [5.41, 5.74) is 0.728. The summed E-state index contributed by atoms with van der Waals surface area (Å²) < 4.78 is 10.3. The van der Waals surface area contributed by atoms with E-state index in [0.717, 1.165) is 5.56 Å². The Hall–Kier alpha value is -1.26. The summed E-state index contributed by atoms with van der Waals surface area (Å²) in [6, 6.07) is 5.36. The third kappa shape index (κ3) is 2.61. The molecule has 0 radical (unpaired) electrons. The van der Waals surface area contributed by atoms with Crippen molar-refractivity contribution < 1.29 is 14.6 Å². The van der Waals surface area contributed by atoms with Crippen LogP contribution in [0.25, 0.3) is 0 Å². The minimum Gasteiger partial charge on any atom is -0.504 e. The van der Waals surface area contributed by atoms with Crippen LogP contribution in [0, 0.1) is 0 Å². The van der Waals surface area contributed by atoms with Crippen LogP contribution in [-0.2, 0) is 4.74 Å². The van der Waals surface area contributed by atoms with Crippen LogP contribution < -0.4 is 10.1 Å². The molecule has 1 atom stereocenters. The minimum atomic E-state index is -0.176. The molecule has 0 amide bonds. The number of phenols is 1. The Labute approximate surface area is 89.8 Å². The van der Waals surface area contributed by atoms with Gasteiger partial charge in [-0.3, -0.25) is 0 Å². The average molecular weight is 211 g/mol. The highest BCUT2D eigenvalue weighted by Crippen LogP contribution is 2.34. The molecule has 1 aromatic rings. The van der Waals surface area contributed by atoms with Gasteiger partial charge in [-0.1, -0.05) is 12.1 Å². The zero-order valence-electron chi connectivity index (χ0n) is 9.28. The number of likely N-dealkylation sites (N-methyl/N-ethyl adjacent to an activating group) is 1. The first-order valence-corrected chi connectivity index (χ1v) is 4.77. The third-order valence-electron chi connectivity index (χ3n) is 2.27. The molecule has 0 saturated carbocycles. The summed E-state index contributed by atoms with van der Waals surface area (Å²) in [5.74, 6) is 0.604. The number of hydrogen-bond acceptors (Lipinski definition) is 4. The molecule has 4 nitrogen and oxygen atoms in total. The summed E-state index contributed by atoms with van der Waals surface area (Å²) in [7, 11) is 4.98. The maximum absolute atomic E-state index is 9.88.